The molecule has 9 nitrogen and oxygen atoms in total. The number of imide groups is 1. The van der Waals surface area contributed by atoms with E-state index < -0.39 is 11.0 Å². The van der Waals surface area contributed by atoms with Crippen molar-refractivity contribution in [3.8, 4) is 0 Å². The summed E-state index contributed by atoms with van der Waals surface area (Å²) in [5, 5.41) is 10.8. The summed E-state index contributed by atoms with van der Waals surface area (Å²) in [6.45, 7) is 1.94. The number of nitro groups is 1. The fourth-order valence-corrected chi connectivity index (χ4v) is 3.90. The zero-order valence-electron chi connectivity index (χ0n) is 16.1. The maximum absolute atomic E-state index is 12.9. The summed E-state index contributed by atoms with van der Waals surface area (Å²) in [5.41, 5.74) is 0.854. The molecule has 0 bridgehead atoms. The molecule has 0 spiro atoms. The third kappa shape index (κ3) is 3.67. The van der Waals surface area contributed by atoms with Gasteiger partial charge in [-0.25, -0.2) is 4.90 Å². The molecular weight excluding hydrogens is 388 g/mol. The van der Waals surface area contributed by atoms with Gasteiger partial charge >= 0.3 is 0 Å². The van der Waals surface area contributed by atoms with E-state index in [0.29, 0.717) is 37.4 Å². The second-order valence-corrected chi connectivity index (χ2v) is 7.26. The molecule has 2 aliphatic heterocycles. The summed E-state index contributed by atoms with van der Waals surface area (Å²) in [5.74, 6) is -0.713. The first-order valence-corrected chi connectivity index (χ1v) is 9.65. The van der Waals surface area contributed by atoms with Gasteiger partial charge in [0.15, 0.2) is 0 Å². The maximum atomic E-state index is 12.9. The molecule has 30 heavy (non-hydrogen) atoms. The fraction of sp³-hybridized carbons (Fsp3) is 0.286. The highest BCUT2D eigenvalue weighted by molar-refractivity contribution is 6.22. The number of rotatable bonds is 4. The standard InChI is InChI=1S/C21H20N4O5/c26-19-14-18(21(28)24(19)16-6-8-17(9-7-16)25(29)30)22-10-12-23(13-11-22)20(27)15-4-2-1-3-5-15/h1-9,18H,10-14H2/t18-/m0/s1. The van der Waals surface area contributed by atoms with Gasteiger partial charge in [0.05, 0.1) is 23.1 Å². The smallest absolute Gasteiger partial charge is 0.269 e. The Kier molecular flexibility index (Phi) is 5.28. The Bertz CT molecular complexity index is 984. The molecule has 2 aliphatic rings. The van der Waals surface area contributed by atoms with E-state index in [9.17, 15) is 24.5 Å². The molecule has 1 atom stereocenters. The van der Waals surface area contributed by atoms with E-state index in [-0.39, 0.29) is 29.8 Å². The van der Waals surface area contributed by atoms with E-state index in [1.165, 1.54) is 24.3 Å². The lowest BCUT2D eigenvalue weighted by Crippen LogP contribution is -2.53. The normalized spacial score (nSPS) is 19.9. The number of hydrogen-bond donors (Lipinski definition) is 0. The van der Waals surface area contributed by atoms with Crippen molar-refractivity contribution >= 4 is 29.1 Å². The average molecular weight is 408 g/mol. The number of amides is 3. The van der Waals surface area contributed by atoms with Crippen LogP contribution >= 0.6 is 0 Å². The lowest BCUT2D eigenvalue weighted by Gasteiger charge is -2.37. The highest BCUT2D eigenvalue weighted by Gasteiger charge is 2.43. The van der Waals surface area contributed by atoms with E-state index in [1.807, 2.05) is 23.1 Å². The summed E-state index contributed by atoms with van der Waals surface area (Å²) < 4.78 is 0. The van der Waals surface area contributed by atoms with E-state index in [0.717, 1.165) is 4.90 Å². The molecule has 0 aromatic heterocycles. The van der Waals surface area contributed by atoms with Gasteiger partial charge in [-0.05, 0) is 24.3 Å². The minimum atomic E-state index is -0.582. The first-order valence-electron chi connectivity index (χ1n) is 9.65. The topological polar surface area (TPSA) is 104 Å². The Labute approximate surface area is 172 Å². The first kappa shape index (κ1) is 19.7. The fourth-order valence-electron chi connectivity index (χ4n) is 3.90. The number of nitrogens with zero attached hydrogens (tertiary/aromatic N) is 4. The number of carbonyl (C=O) groups excluding carboxylic acids is 3. The predicted octanol–water partition coefficient (Wildman–Crippen LogP) is 1.68. The highest BCUT2D eigenvalue weighted by atomic mass is 16.6. The van der Waals surface area contributed by atoms with Gasteiger partial charge in [0, 0.05) is 43.9 Å². The Morgan fingerprint density at radius 3 is 2.17 bits per heavy atom. The minimum absolute atomic E-state index is 0.0448. The van der Waals surface area contributed by atoms with Crippen LogP contribution in [0.2, 0.25) is 0 Å². The molecule has 2 aromatic carbocycles. The summed E-state index contributed by atoms with van der Waals surface area (Å²) in [6.07, 6.45) is 0.0580. The minimum Gasteiger partial charge on any atom is -0.336 e. The van der Waals surface area contributed by atoms with Crippen LogP contribution < -0.4 is 4.90 Å². The Hall–Kier alpha value is -3.59. The summed E-state index contributed by atoms with van der Waals surface area (Å²) in [6, 6.07) is 13.8. The SMILES string of the molecule is O=C(c1ccccc1)N1CCN([C@H]2CC(=O)N(c3ccc([N+](=O)[O-])cc3)C2=O)CC1. The molecule has 2 aromatic rings. The quantitative estimate of drug-likeness (QED) is 0.433. The molecule has 0 aliphatic carbocycles. The van der Waals surface area contributed by atoms with Gasteiger partial charge in [-0.1, -0.05) is 18.2 Å². The molecule has 0 saturated carbocycles. The summed E-state index contributed by atoms with van der Waals surface area (Å²) in [4.78, 5) is 53.1. The Morgan fingerprint density at radius 1 is 0.933 bits per heavy atom. The van der Waals surface area contributed by atoms with Gasteiger partial charge in [0.25, 0.3) is 17.5 Å². The number of anilines is 1. The molecule has 0 unspecified atom stereocenters. The Morgan fingerprint density at radius 2 is 1.57 bits per heavy atom. The average Bonchev–Trinajstić information content (AvgIpc) is 3.08. The van der Waals surface area contributed by atoms with Crippen LogP contribution in [0.1, 0.15) is 16.8 Å². The van der Waals surface area contributed by atoms with Crippen LogP contribution in [0, 0.1) is 10.1 Å². The van der Waals surface area contributed by atoms with Crippen molar-refractivity contribution in [2.45, 2.75) is 12.5 Å². The second kappa shape index (κ2) is 8.03. The number of hydrogen-bond acceptors (Lipinski definition) is 6. The summed E-state index contributed by atoms with van der Waals surface area (Å²) >= 11 is 0. The van der Waals surface area contributed by atoms with Crippen LogP contribution in [-0.4, -0.2) is 64.7 Å². The lowest BCUT2D eigenvalue weighted by molar-refractivity contribution is -0.384. The van der Waals surface area contributed by atoms with Crippen molar-refractivity contribution in [1.82, 2.24) is 9.80 Å². The van der Waals surface area contributed by atoms with Gasteiger partial charge in [-0.2, -0.15) is 0 Å². The zero-order valence-corrected chi connectivity index (χ0v) is 16.1. The van der Waals surface area contributed by atoms with Gasteiger partial charge in [0.1, 0.15) is 0 Å². The van der Waals surface area contributed by atoms with Crippen molar-refractivity contribution in [3.63, 3.8) is 0 Å². The van der Waals surface area contributed by atoms with Crippen LogP contribution in [0.5, 0.6) is 0 Å². The van der Waals surface area contributed by atoms with Crippen molar-refractivity contribution < 1.29 is 19.3 Å². The third-order valence-electron chi connectivity index (χ3n) is 5.50. The molecule has 2 fully saturated rings. The van der Waals surface area contributed by atoms with Crippen molar-refractivity contribution in [3.05, 3.63) is 70.3 Å². The summed E-state index contributed by atoms with van der Waals surface area (Å²) in [7, 11) is 0. The van der Waals surface area contributed by atoms with Crippen LogP contribution in [0.25, 0.3) is 0 Å². The lowest BCUT2D eigenvalue weighted by atomic mass is 10.1. The zero-order chi connectivity index (χ0) is 21.3. The van der Waals surface area contributed by atoms with E-state index in [2.05, 4.69) is 0 Å². The van der Waals surface area contributed by atoms with Crippen LogP contribution in [-0.2, 0) is 9.59 Å². The molecule has 0 radical (unpaired) electrons. The van der Waals surface area contributed by atoms with Crippen LogP contribution in [0.4, 0.5) is 11.4 Å². The molecular formula is C21H20N4O5. The van der Waals surface area contributed by atoms with E-state index in [4.69, 9.17) is 0 Å². The Balaban J connectivity index is 1.41. The number of carbonyl (C=O) groups is 3. The van der Waals surface area contributed by atoms with Crippen molar-refractivity contribution in [2.75, 3.05) is 31.1 Å². The molecule has 9 heteroatoms. The first-order chi connectivity index (χ1) is 14.5. The van der Waals surface area contributed by atoms with Crippen LogP contribution in [0.15, 0.2) is 54.6 Å². The van der Waals surface area contributed by atoms with Crippen LogP contribution in [0.3, 0.4) is 0 Å². The number of nitro benzene ring substituents is 1. The molecule has 4 rings (SSSR count). The second-order valence-electron chi connectivity index (χ2n) is 7.26. The number of non-ortho nitro benzene ring substituents is 1. The van der Waals surface area contributed by atoms with Crippen molar-refractivity contribution in [1.29, 1.82) is 0 Å². The van der Waals surface area contributed by atoms with Gasteiger partial charge < -0.3 is 4.90 Å². The third-order valence-corrected chi connectivity index (χ3v) is 5.50. The predicted molar refractivity (Wildman–Crippen MR) is 108 cm³/mol. The van der Waals surface area contributed by atoms with Gasteiger partial charge in [-0.15, -0.1) is 0 Å². The number of benzene rings is 2. The molecule has 3 amide bonds. The molecule has 0 N–H and O–H groups in total. The van der Waals surface area contributed by atoms with E-state index >= 15 is 0 Å². The number of piperazine rings is 1. The monoisotopic (exact) mass is 408 g/mol. The maximum Gasteiger partial charge on any atom is 0.269 e. The molecule has 2 saturated heterocycles. The van der Waals surface area contributed by atoms with Crippen molar-refractivity contribution in [2.24, 2.45) is 0 Å². The largest absolute Gasteiger partial charge is 0.336 e. The van der Waals surface area contributed by atoms with Gasteiger partial charge in [-0.3, -0.25) is 29.4 Å². The molecule has 2 heterocycles. The van der Waals surface area contributed by atoms with Gasteiger partial charge in [0.2, 0.25) is 5.91 Å². The highest BCUT2D eigenvalue weighted by Crippen LogP contribution is 2.28. The van der Waals surface area contributed by atoms with E-state index in [1.54, 1.807) is 17.0 Å². The molecule has 154 valence electrons.